The molecule has 17 heavy (non-hydrogen) atoms. The quantitative estimate of drug-likeness (QED) is 0.815. The molecule has 0 aliphatic carbocycles. The van der Waals surface area contributed by atoms with Gasteiger partial charge in [0, 0.05) is 48.8 Å². The van der Waals surface area contributed by atoms with Gasteiger partial charge in [-0.2, -0.15) is 0 Å². The molecule has 6 nitrogen and oxygen atoms in total. The van der Waals surface area contributed by atoms with Crippen LogP contribution in [-0.2, 0) is 10.8 Å². The standard InChI is InChI=1S/C10H15N5OS/c1-11-8-7-15-5-3-13-10(15)9(14-8)12-4-6-17(2)16/h3,5,7,11H,4,6H2,1-2H3,(H,12,14). The summed E-state index contributed by atoms with van der Waals surface area (Å²) in [5.74, 6) is 2.06. The fraction of sp³-hybridized carbons (Fsp3) is 0.400. The maximum absolute atomic E-state index is 11.0. The smallest absolute Gasteiger partial charge is 0.180 e. The Kier molecular flexibility index (Phi) is 3.58. The molecule has 0 amide bonds. The van der Waals surface area contributed by atoms with Crippen molar-refractivity contribution >= 4 is 28.1 Å². The van der Waals surface area contributed by atoms with Crippen LogP contribution in [0.5, 0.6) is 0 Å². The Hall–Kier alpha value is -1.63. The minimum atomic E-state index is -0.804. The van der Waals surface area contributed by atoms with Crippen molar-refractivity contribution in [3.05, 3.63) is 18.6 Å². The molecule has 2 aromatic rings. The Morgan fingerprint density at radius 2 is 2.35 bits per heavy atom. The van der Waals surface area contributed by atoms with Crippen LogP contribution in [-0.4, -0.2) is 44.2 Å². The van der Waals surface area contributed by atoms with E-state index >= 15 is 0 Å². The van der Waals surface area contributed by atoms with Gasteiger partial charge in [0.15, 0.2) is 11.5 Å². The first-order chi connectivity index (χ1) is 8.20. The summed E-state index contributed by atoms with van der Waals surface area (Å²) in [5, 5.41) is 6.14. The monoisotopic (exact) mass is 253 g/mol. The fourth-order valence-corrected chi connectivity index (χ4v) is 1.87. The Morgan fingerprint density at radius 3 is 3.06 bits per heavy atom. The Bertz CT molecular complexity index is 538. The van der Waals surface area contributed by atoms with Gasteiger partial charge in [-0.05, 0) is 0 Å². The Labute approximate surface area is 102 Å². The second kappa shape index (κ2) is 5.13. The first-order valence-corrected chi connectivity index (χ1v) is 6.99. The van der Waals surface area contributed by atoms with Gasteiger partial charge in [-0.15, -0.1) is 0 Å². The molecule has 0 saturated carbocycles. The lowest BCUT2D eigenvalue weighted by Crippen LogP contribution is -2.12. The first kappa shape index (κ1) is 11.8. The minimum absolute atomic E-state index is 0.596. The van der Waals surface area contributed by atoms with Gasteiger partial charge in [-0.3, -0.25) is 4.21 Å². The van der Waals surface area contributed by atoms with E-state index in [9.17, 15) is 4.21 Å². The van der Waals surface area contributed by atoms with E-state index in [0.717, 1.165) is 11.5 Å². The molecule has 2 N–H and O–H groups in total. The van der Waals surface area contributed by atoms with Crippen LogP contribution in [0, 0.1) is 0 Å². The summed E-state index contributed by atoms with van der Waals surface area (Å²) >= 11 is 0. The van der Waals surface area contributed by atoms with Crippen molar-refractivity contribution in [3.8, 4) is 0 Å². The Morgan fingerprint density at radius 1 is 1.53 bits per heavy atom. The highest BCUT2D eigenvalue weighted by Crippen LogP contribution is 2.15. The van der Waals surface area contributed by atoms with E-state index in [1.807, 2.05) is 23.8 Å². The highest BCUT2D eigenvalue weighted by atomic mass is 32.2. The largest absolute Gasteiger partial charge is 0.372 e. The average Bonchev–Trinajstić information content (AvgIpc) is 2.76. The van der Waals surface area contributed by atoms with Gasteiger partial charge in [0.1, 0.15) is 5.82 Å². The number of hydrogen-bond acceptors (Lipinski definition) is 5. The summed E-state index contributed by atoms with van der Waals surface area (Å²) in [4.78, 5) is 8.61. The molecule has 0 radical (unpaired) electrons. The second-order valence-electron chi connectivity index (χ2n) is 3.59. The van der Waals surface area contributed by atoms with Gasteiger partial charge in [0.2, 0.25) is 0 Å². The molecule has 2 aromatic heterocycles. The highest BCUT2D eigenvalue weighted by Gasteiger charge is 2.06. The van der Waals surface area contributed by atoms with Gasteiger partial charge in [0.25, 0.3) is 0 Å². The van der Waals surface area contributed by atoms with E-state index in [4.69, 9.17) is 0 Å². The molecule has 0 spiro atoms. The number of rotatable bonds is 5. The lowest BCUT2D eigenvalue weighted by molar-refractivity contribution is 0.687. The summed E-state index contributed by atoms with van der Waals surface area (Å²) < 4.78 is 12.9. The molecule has 0 bridgehead atoms. The first-order valence-electron chi connectivity index (χ1n) is 5.26. The van der Waals surface area contributed by atoms with Crippen molar-refractivity contribution < 1.29 is 4.21 Å². The van der Waals surface area contributed by atoms with Crippen LogP contribution in [0.1, 0.15) is 0 Å². The zero-order valence-electron chi connectivity index (χ0n) is 9.80. The molecule has 0 aliphatic rings. The summed E-state index contributed by atoms with van der Waals surface area (Å²) in [7, 11) is 1.01. The average molecular weight is 253 g/mol. The van der Waals surface area contributed by atoms with Gasteiger partial charge in [-0.25, -0.2) is 9.97 Å². The minimum Gasteiger partial charge on any atom is -0.372 e. The van der Waals surface area contributed by atoms with E-state index in [1.54, 1.807) is 12.5 Å². The molecule has 7 heteroatoms. The van der Waals surface area contributed by atoms with Crippen molar-refractivity contribution in [1.29, 1.82) is 0 Å². The zero-order valence-corrected chi connectivity index (χ0v) is 10.6. The van der Waals surface area contributed by atoms with Gasteiger partial charge in [0.05, 0.1) is 6.20 Å². The maximum atomic E-state index is 11.0. The third-order valence-corrected chi connectivity index (χ3v) is 3.09. The van der Waals surface area contributed by atoms with Crippen molar-refractivity contribution in [2.75, 3.05) is 36.2 Å². The summed E-state index contributed by atoms with van der Waals surface area (Å²) in [6.07, 6.45) is 7.14. The van der Waals surface area contributed by atoms with Crippen LogP contribution in [0.25, 0.3) is 5.65 Å². The third-order valence-electron chi connectivity index (χ3n) is 2.31. The van der Waals surface area contributed by atoms with Crippen molar-refractivity contribution in [1.82, 2.24) is 14.4 Å². The van der Waals surface area contributed by atoms with Gasteiger partial charge in [-0.1, -0.05) is 0 Å². The van der Waals surface area contributed by atoms with Crippen molar-refractivity contribution in [2.45, 2.75) is 0 Å². The van der Waals surface area contributed by atoms with Crippen LogP contribution in [0.3, 0.4) is 0 Å². The van der Waals surface area contributed by atoms with E-state index in [2.05, 4.69) is 20.6 Å². The molecule has 0 saturated heterocycles. The third kappa shape index (κ3) is 2.73. The summed E-state index contributed by atoms with van der Waals surface area (Å²) in [6.45, 7) is 0.617. The van der Waals surface area contributed by atoms with E-state index in [0.29, 0.717) is 18.1 Å². The zero-order chi connectivity index (χ0) is 12.3. The normalized spacial score (nSPS) is 12.6. The SMILES string of the molecule is CNc1cn2ccnc2c(NCCS(C)=O)n1. The van der Waals surface area contributed by atoms with Crippen LogP contribution in [0.15, 0.2) is 18.6 Å². The number of imidazole rings is 1. The molecule has 0 fully saturated rings. The van der Waals surface area contributed by atoms with Gasteiger partial charge >= 0.3 is 0 Å². The van der Waals surface area contributed by atoms with Gasteiger partial charge < -0.3 is 15.0 Å². The van der Waals surface area contributed by atoms with E-state index in [-0.39, 0.29) is 0 Å². The molecular formula is C10H15N5OS. The summed E-state index contributed by atoms with van der Waals surface area (Å²) in [6, 6.07) is 0. The molecule has 2 heterocycles. The van der Waals surface area contributed by atoms with Crippen LogP contribution >= 0.6 is 0 Å². The molecule has 1 atom stereocenters. The number of aromatic nitrogens is 3. The van der Waals surface area contributed by atoms with Crippen LogP contribution in [0.4, 0.5) is 11.6 Å². The molecule has 92 valence electrons. The van der Waals surface area contributed by atoms with E-state index in [1.165, 1.54) is 0 Å². The topological polar surface area (TPSA) is 71.3 Å². The number of nitrogens with zero attached hydrogens (tertiary/aromatic N) is 3. The number of nitrogens with one attached hydrogen (secondary N) is 2. The molecular weight excluding hydrogens is 238 g/mol. The fourth-order valence-electron chi connectivity index (χ4n) is 1.48. The highest BCUT2D eigenvalue weighted by molar-refractivity contribution is 7.84. The lowest BCUT2D eigenvalue weighted by atomic mass is 10.5. The van der Waals surface area contributed by atoms with Crippen LogP contribution < -0.4 is 10.6 Å². The maximum Gasteiger partial charge on any atom is 0.180 e. The Balaban J connectivity index is 2.24. The second-order valence-corrected chi connectivity index (χ2v) is 5.14. The van der Waals surface area contributed by atoms with E-state index < -0.39 is 10.8 Å². The predicted molar refractivity (Wildman–Crippen MR) is 70.0 cm³/mol. The number of fused-ring (bicyclic) bond motifs is 1. The number of anilines is 2. The molecule has 2 rings (SSSR count). The number of hydrogen-bond donors (Lipinski definition) is 2. The van der Waals surface area contributed by atoms with Crippen LogP contribution in [0.2, 0.25) is 0 Å². The molecule has 1 unspecified atom stereocenters. The van der Waals surface area contributed by atoms with Crippen molar-refractivity contribution in [2.24, 2.45) is 0 Å². The lowest BCUT2D eigenvalue weighted by Gasteiger charge is -2.08. The predicted octanol–water partition coefficient (Wildman–Crippen LogP) is 0.561. The molecule has 0 aliphatic heterocycles. The van der Waals surface area contributed by atoms with Crippen molar-refractivity contribution in [3.63, 3.8) is 0 Å². The molecule has 0 aromatic carbocycles. The summed E-state index contributed by atoms with van der Waals surface area (Å²) in [5.41, 5.74) is 0.769.